The monoisotopic (exact) mass is 373 g/mol. The first-order chi connectivity index (χ1) is 13.7. The third-order valence-corrected chi connectivity index (χ3v) is 4.84. The molecule has 5 aromatic rings. The molecule has 0 saturated carbocycles. The maximum absolute atomic E-state index is 14.4. The minimum Gasteiger partial charge on any atom is -0.464 e. The summed E-state index contributed by atoms with van der Waals surface area (Å²) < 4.78 is 21.6. The van der Waals surface area contributed by atoms with E-state index in [4.69, 9.17) is 4.42 Å². The van der Waals surface area contributed by atoms with Crippen LogP contribution in [0.5, 0.6) is 0 Å². The van der Waals surface area contributed by atoms with E-state index in [0.29, 0.717) is 17.1 Å². The lowest BCUT2D eigenvalue weighted by molar-refractivity contribution is 0.603. The van der Waals surface area contributed by atoms with Crippen LogP contribution in [0.2, 0.25) is 0 Å². The third kappa shape index (κ3) is 2.60. The molecular formula is C21H16FN5O. The quantitative estimate of drug-likeness (QED) is 0.499. The zero-order valence-electron chi connectivity index (χ0n) is 15.1. The van der Waals surface area contributed by atoms with Gasteiger partial charge in [0, 0.05) is 59.1 Å². The van der Waals surface area contributed by atoms with Gasteiger partial charge in [0.1, 0.15) is 17.0 Å². The lowest BCUT2D eigenvalue weighted by atomic mass is 10.1. The van der Waals surface area contributed by atoms with E-state index in [2.05, 4.69) is 20.3 Å². The Bertz CT molecular complexity index is 1310. The average molecular weight is 373 g/mol. The van der Waals surface area contributed by atoms with Crippen molar-refractivity contribution >= 4 is 22.6 Å². The van der Waals surface area contributed by atoms with Crippen LogP contribution in [0.4, 0.5) is 10.3 Å². The van der Waals surface area contributed by atoms with Crippen molar-refractivity contribution < 1.29 is 8.81 Å². The molecule has 0 radical (unpaired) electrons. The van der Waals surface area contributed by atoms with Gasteiger partial charge >= 0.3 is 0 Å². The SMILES string of the molecule is Cc1ncccc1-c1cnc(NCc2c(F)ccc3occc23)n2ccnc12. The summed E-state index contributed by atoms with van der Waals surface area (Å²) in [6, 6.07) is 8.70. The fourth-order valence-corrected chi connectivity index (χ4v) is 3.43. The molecular weight excluding hydrogens is 357 g/mol. The van der Waals surface area contributed by atoms with Gasteiger partial charge in [-0.05, 0) is 31.2 Å². The van der Waals surface area contributed by atoms with E-state index in [1.165, 1.54) is 6.07 Å². The van der Waals surface area contributed by atoms with Crippen LogP contribution in [-0.2, 0) is 6.54 Å². The van der Waals surface area contributed by atoms with E-state index in [1.807, 2.05) is 29.7 Å². The maximum Gasteiger partial charge on any atom is 0.208 e. The second kappa shape index (κ2) is 6.45. The van der Waals surface area contributed by atoms with E-state index in [0.717, 1.165) is 27.9 Å². The maximum atomic E-state index is 14.4. The number of halogens is 1. The number of aryl methyl sites for hydroxylation is 1. The predicted octanol–water partition coefficient (Wildman–Crippen LogP) is 4.60. The van der Waals surface area contributed by atoms with Gasteiger partial charge < -0.3 is 9.73 Å². The summed E-state index contributed by atoms with van der Waals surface area (Å²) in [5.41, 5.74) is 4.73. The number of furan rings is 1. The Labute approximate surface area is 159 Å². The molecule has 0 bridgehead atoms. The van der Waals surface area contributed by atoms with Gasteiger partial charge in [-0.25, -0.2) is 14.4 Å². The number of aromatic nitrogens is 4. The van der Waals surface area contributed by atoms with Crippen molar-refractivity contribution in [3.63, 3.8) is 0 Å². The molecule has 0 spiro atoms. The van der Waals surface area contributed by atoms with E-state index >= 15 is 0 Å². The molecule has 5 rings (SSSR count). The summed E-state index contributed by atoms with van der Waals surface area (Å²) in [5, 5.41) is 3.97. The predicted molar refractivity (Wildman–Crippen MR) is 104 cm³/mol. The van der Waals surface area contributed by atoms with Gasteiger partial charge in [0.25, 0.3) is 0 Å². The van der Waals surface area contributed by atoms with Crippen molar-refractivity contribution in [2.24, 2.45) is 0 Å². The first kappa shape index (κ1) is 16.4. The zero-order valence-corrected chi connectivity index (χ0v) is 15.1. The normalized spacial score (nSPS) is 11.4. The first-order valence-corrected chi connectivity index (χ1v) is 8.85. The summed E-state index contributed by atoms with van der Waals surface area (Å²) in [6.07, 6.45) is 8.63. The Morgan fingerprint density at radius 3 is 2.89 bits per heavy atom. The van der Waals surface area contributed by atoms with Crippen molar-refractivity contribution in [2.75, 3.05) is 5.32 Å². The number of hydrogen-bond acceptors (Lipinski definition) is 5. The molecule has 28 heavy (non-hydrogen) atoms. The summed E-state index contributed by atoms with van der Waals surface area (Å²) in [7, 11) is 0. The number of benzene rings is 1. The van der Waals surface area contributed by atoms with Crippen LogP contribution in [-0.4, -0.2) is 19.4 Å². The van der Waals surface area contributed by atoms with Crippen LogP contribution in [0, 0.1) is 12.7 Å². The van der Waals surface area contributed by atoms with Crippen LogP contribution in [0.1, 0.15) is 11.3 Å². The van der Waals surface area contributed by atoms with Crippen molar-refractivity contribution in [3.05, 3.63) is 78.5 Å². The molecule has 4 aromatic heterocycles. The molecule has 0 fully saturated rings. The molecule has 138 valence electrons. The highest BCUT2D eigenvalue weighted by Gasteiger charge is 2.14. The molecule has 0 atom stereocenters. The van der Waals surface area contributed by atoms with Gasteiger partial charge in [-0.2, -0.15) is 0 Å². The van der Waals surface area contributed by atoms with Gasteiger partial charge in [-0.3, -0.25) is 9.38 Å². The molecule has 6 nitrogen and oxygen atoms in total. The Morgan fingerprint density at radius 2 is 2.00 bits per heavy atom. The van der Waals surface area contributed by atoms with E-state index < -0.39 is 0 Å². The zero-order chi connectivity index (χ0) is 19.1. The smallest absolute Gasteiger partial charge is 0.208 e. The number of imidazole rings is 1. The average Bonchev–Trinajstić information content (AvgIpc) is 3.37. The second-order valence-electron chi connectivity index (χ2n) is 6.46. The van der Waals surface area contributed by atoms with Crippen molar-refractivity contribution in [2.45, 2.75) is 13.5 Å². The van der Waals surface area contributed by atoms with Crippen LogP contribution in [0.15, 0.2) is 65.8 Å². The van der Waals surface area contributed by atoms with Crippen molar-refractivity contribution in [1.29, 1.82) is 0 Å². The number of nitrogens with one attached hydrogen (secondary N) is 1. The minimum atomic E-state index is -0.286. The highest BCUT2D eigenvalue weighted by molar-refractivity contribution is 5.82. The topological polar surface area (TPSA) is 68.2 Å². The molecule has 0 aliphatic rings. The van der Waals surface area contributed by atoms with Crippen molar-refractivity contribution in [3.8, 4) is 11.1 Å². The Hall–Kier alpha value is -3.74. The number of pyridine rings is 1. The van der Waals surface area contributed by atoms with Crippen LogP contribution >= 0.6 is 0 Å². The molecule has 0 unspecified atom stereocenters. The number of nitrogens with zero attached hydrogens (tertiary/aromatic N) is 4. The Morgan fingerprint density at radius 1 is 1.07 bits per heavy atom. The van der Waals surface area contributed by atoms with Crippen molar-refractivity contribution in [1.82, 2.24) is 19.4 Å². The van der Waals surface area contributed by atoms with Gasteiger partial charge in [0.2, 0.25) is 5.95 Å². The number of fused-ring (bicyclic) bond motifs is 2. The molecule has 0 aliphatic carbocycles. The molecule has 0 aliphatic heterocycles. The fourth-order valence-electron chi connectivity index (χ4n) is 3.43. The molecule has 4 heterocycles. The number of hydrogen-bond donors (Lipinski definition) is 1. The molecule has 0 saturated heterocycles. The highest BCUT2D eigenvalue weighted by atomic mass is 19.1. The molecule has 7 heteroatoms. The van der Waals surface area contributed by atoms with Crippen LogP contribution < -0.4 is 5.32 Å². The number of anilines is 1. The van der Waals surface area contributed by atoms with E-state index in [1.54, 1.807) is 37.0 Å². The summed E-state index contributed by atoms with van der Waals surface area (Å²) in [5.74, 6) is 0.295. The van der Waals surface area contributed by atoms with Gasteiger partial charge in [-0.1, -0.05) is 6.07 Å². The highest BCUT2D eigenvalue weighted by Crippen LogP contribution is 2.27. The largest absolute Gasteiger partial charge is 0.464 e. The molecule has 1 N–H and O–H groups in total. The third-order valence-electron chi connectivity index (χ3n) is 4.84. The standard InChI is InChI=1S/C21H16FN5O/c1-13-14(3-2-7-23-13)17-12-26-21(27-9-8-24-20(17)27)25-11-16-15-6-10-28-19(15)5-4-18(16)22/h2-10,12H,11H2,1H3,(H,25,26). The fraction of sp³-hybridized carbons (Fsp3) is 0.0952. The Balaban J connectivity index is 1.53. The lowest BCUT2D eigenvalue weighted by Crippen LogP contribution is -2.08. The Kier molecular flexibility index (Phi) is 3.79. The summed E-state index contributed by atoms with van der Waals surface area (Å²) in [4.78, 5) is 13.4. The van der Waals surface area contributed by atoms with E-state index in [-0.39, 0.29) is 12.4 Å². The van der Waals surface area contributed by atoms with Crippen LogP contribution in [0.3, 0.4) is 0 Å². The first-order valence-electron chi connectivity index (χ1n) is 8.85. The van der Waals surface area contributed by atoms with Gasteiger partial charge in [0.15, 0.2) is 0 Å². The van der Waals surface area contributed by atoms with Crippen LogP contribution in [0.25, 0.3) is 27.7 Å². The minimum absolute atomic E-state index is 0.272. The molecule has 1 aromatic carbocycles. The summed E-state index contributed by atoms with van der Waals surface area (Å²) in [6.45, 7) is 2.23. The van der Waals surface area contributed by atoms with E-state index in [9.17, 15) is 4.39 Å². The summed E-state index contributed by atoms with van der Waals surface area (Å²) >= 11 is 0. The lowest BCUT2D eigenvalue weighted by Gasteiger charge is -2.12. The number of rotatable bonds is 4. The molecule has 0 amide bonds. The van der Waals surface area contributed by atoms with Gasteiger partial charge in [0.05, 0.1) is 6.26 Å². The second-order valence-corrected chi connectivity index (χ2v) is 6.46. The van der Waals surface area contributed by atoms with Gasteiger partial charge in [-0.15, -0.1) is 0 Å².